The molecule has 0 fully saturated rings. The summed E-state index contributed by atoms with van der Waals surface area (Å²) < 4.78 is 5.10. The monoisotopic (exact) mass is 123 g/mol. The molecule has 2 heterocycles. The normalized spacial score (nSPS) is 23.1. The van der Waals surface area contributed by atoms with Gasteiger partial charge in [-0.3, -0.25) is 0 Å². The Hall–Kier alpha value is -0.920. The lowest BCUT2D eigenvalue weighted by molar-refractivity contribution is 0.301. The average Bonchev–Trinajstić information content (AvgIpc) is 2.33. The fourth-order valence-electron chi connectivity index (χ4n) is 1.15. The summed E-state index contributed by atoms with van der Waals surface area (Å²) in [6.07, 6.45) is 5.16. The van der Waals surface area contributed by atoms with Gasteiger partial charge >= 0.3 is 0 Å². The zero-order valence-electron chi connectivity index (χ0n) is 5.18. The second kappa shape index (κ2) is 1.79. The Labute approximate surface area is 54.2 Å². The fraction of sp³-hybridized carbons (Fsp3) is 0.429. The predicted octanol–water partition coefficient (Wildman–Crippen LogP) is 0.778. The lowest BCUT2D eigenvalue weighted by atomic mass is 10.1. The highest BCUT2D eigenvalue weighted by atomic mass is 16.5. The Morgan fingerprint density at radius 2 is 2.56 bits per heavy atom. The molecule has 0 amide bonds. The summed E-state index contributed by atoms with van der Waals surface area (Å²) in [4.78, 5) is 0. The molecule has 0 radical (unpaired) electrons. The van der Waals surface area contributed by atoms with Crippen LogP contribution in [0.4, 0.5) is 0 Å². The summed E-state index contributed by atoms with van der Waals surface area (Å²) in [6.45, 7) is 1.82. The number of ether oxygens (including phenoxy) is 1. The maximum atomic E-state index is 5.10. The molecule has 2 rings (SSSR count). The number of hydrogen-bond donors (Lipinski definition) is 1. The number of nitrogens with one attached hydrogen (secondary N) is 1. The van der Waals surface area contributed by atoms with Gasteiger partial charge < -0.3 is 10.1 Å². The van der Waals surface area contributed by atoms with Gasteiger partial charge in [0, 0.05) is 12.1 Å². The molecule has 2 aliphatic heterocycles. The molecule has 48 valence electrons. The summed E-state index contributed by atoms with van der Waals surface area (Å²) in [5.41, 5.74) is 2.50. The van der Waals surface area contributed by atoms with Crippen molar-refractivity contribution < 1.29 is 4.74 Å². The third kappa shape index (κ3) is 0.707. The van der Waals surface area contributed by atoms with Crippen molar-refractivity contribution in [3.63, 3.8) is 0 Å². The highest BCUT2D eigenvalue weighted by Crippen LogP contribution is 2.18. The van der Waals surface area contributed by atoms with E-state index in [1.165, 1.54) is 11.3 Å². The first-order valence-electron chi connectivity index (χ1n) is 3.22. The molecule has 0 saturated carbocycles. The average molecular weight is 123 g/mol. The van der Waals surface area contributed by atoms with Crippen molar-refractivity contribution in [1.82, 2.24) is 5.32 Å². The smallest absolute Gasteiger partial charge is 0.114 e. The van der Waals surface area contributed by atoms with Crippen molar-refractivity contribution in [1.29, 1.82) is 0 Å². The number of hydrogen-bond acceptors (Lipinski definition) is 2. The van der Waals surface area contributed by atoms with Gasteiger partial charge in [0.05, 0.1) is 5.70 Å². The SMILES string of the molecule is C1=C2COC=C2NCC1. The van der Waals surface area contributed by atoms with Crippen molar-refractivity contribution in [2.45, 2.75) is 6.42 Å². The lowest BCUT2D eigenvalue weighted by Crippen LogP contribution is -2.18. The summed E-state index contributed by atoms with van der Waals surface area (Å²) in [7, 11) is 0. The second-order valence-electron chi connectivity index (χ2n) is 2.29. The third-order valence-corrected chi connectivity index (χ3v) is 1.64. The molecule has 0 spiro atoms. The van der Waals surface area contributed by atoms with E-state index in [1.54, 1.807) is 6.26 Å². The zero-order valence-corrected chi connectivity index (χ0v) is 5.18. The van der Waals surface area contributed by atoms with Crippen LogP contribution in [0.2, 0.25) is 0 Å². The molecule has 2 nitrogen and oxygen atoms in total. The van der Waals surface area contributed by atoms with Crippen LogP contribution in [-0.4, -0.2) is 13.2 Å². The number of fused-ring (bicyclic) bond motifs is 1. The first-order chi connectivity index (χ1) is 4.47. The van der Waals surface area contributed by atoms with Crippen LogP contribution >= 0.6 is 0 Å². The van der Waals surface area contributed by atoms with Crippen molar-refractivity contribution >= 4 is 0 Å². The largest absolute Gasteiger partial charge is 0.494 e. The maximum absolute atomic E-state index is 5.10. The predicted molar refractivity (Wildman–Crippen MR) is 34.7 cm³/mol. The molecule has 0 aromatic heterocycles. The van der Waals surface area contributed by atoms with Crippen LogP contribution in [0, 0.1) is 0 Å². The van der Waals surface area contributed by atoms with E-state index in [0.29, 0.717) is 0 Å². The number of rotatable bonds is 0. The van der Waals surface area contributed by atoms with Gasteiger partial charge in [0.25, 0.3) is 0 Å². The first-order valence-corrected chi connectivity index (χ1v) is 3.22. The molecule has 1 N–H and O–H groups in total. The van der Waals surface area contributed by atoms with Gasteiger partial charge in [-0.05, 0) is 6.42 Å². The van der Waals surface area contributed by atoms with Gasteiger partial charge in [0.1, 0.15) is 12.9 Å². The van der Waals surface area contributed by atoms with E-state index in [-0.39, 0.29) is 0 Å². The summed E-state index contributed by atoms with van der Waals surface area (Å²) in [6, 6.07) is 0. The van der Waals surface area contributed by atoms with Crippen LogP contribution in [0.5, 0.6) is 0 Å². The zero-order chi connectivity index (χ0) is 6.10. The van der Waals surface area contributed by atoms with Gasteiger partial charge in [-0.15, -0.1) is 0 Å². The molecule has 9 heavy (non-hydrogen) atoms. The lowest BCUT2D eigenvalue weighted by Gasteiger charge is -2.11. The van der Waals surface area contributed by atoms with E-state index < -0.39 is 0 Å². The summed E-state index contributed by atoms with van der Waals surface area (Å²) >= 11 is 0. The molecule has 0 saturated heterocycles. The van der Waals surface area contributed by atoms with Crippen LogP contribution in [0.3, 0.4) is 0 Å². The van der Waals surface area contributed by atoms with Crippen LogP contribution in [0.1, 0.15) is 6.42 Å². The van der Waals surface area contributed by atoms with E-state index >= 15 is 0 Å². The van der Waals surface area contributed by atoms with E-state index in [9.17, 15) is 0 Å². The molecular weight excluding hydrogens is 114 g/mol. The molecule has 0 aromatic carbocycles. The highest BCUT2D eigenvalue weighted by molar-refractivity contribution is 5.33. The molecule has 2 heteroatoms. The Morgan fingerprint density at radius 1 is 1.56 bits per heavy atom. The minimum Gasteiger partial charge on any atom is -0.494 e. The van der Waals surface area contributed by atoms with E-state index in [0.717, 1.165) is 19.6 Å². The minimum absolute atomic E-state index is 0.766. The molecule has 0 bridgehead atoms. The van der Waals surface area contributed by atoms with Crippen molar-refractivity contribution in [3.8, 4) is 0 Å². The summed E-state index contributed by atoms with van der Waals surface area (Å²) in [5.74, 6) is 0. The van der Waals surface area contributed by atoms with Crippen LogP contribution in [-0.2, 0) is 4.74 Å². The fourth-order valence-corrected chi connectivity index (χ4v) is 1.15. The topological polar surface area (TPSA) is 21.3 Å². The van der Waals surface area contributed by atoms with Crippen molar-refractivity contribution in [3.05, 3.63) is 23.6 Å². The van der Waals surface area contributed by atoms with Gasteiger partial charge in [0.2, 0.25) is 0 Å². The quantitative estimate of drug-likeness (QED) is 0.514. The van der Waals surface area contributed by atoms with Crippen molar-refractivity contribution in [2.75, 3.05) is 13.2 Å². The van der Waals surface area contributed by atoms with Gasteiger partial charge in [-0.2, -0.15) is 0 Å². The van der Waals surface area contributed by atoms with Gasteiger partial charge in [-0.25, -0.2) is 0 Å². The van der Waals surface area contributed by atoms with Gasteiger partial charge in [0.15, 0.2) is 0 Å². The van der Waals surface area contributed by atoms with E-state index in [4.69, 9.17) is 4.74 Å². The molecule has 0 aromatic rings. The highest BCUT2D eigenvalue weighted by Gasteiger charge is 2.14. The van der Waals surface area contributed by atoms with Crippen LogP contribution < -0.4 is 5.32 Å². The van der Waals surface area contributed by atoms with E-state index in [2.05, 4.69) is 11.4 Å². The van der Waals surface area contributed by atoms with Crippen LogP contribution in [0.15, 0.2) is 23.6 Å². The first kappa shape index (κ1) is 4.91. The molecular formula is C7H9NO. The third-order valence-electron chi connectivity index (χ3n) is 1.64. The molecule has 0 aliphatic carbocycles. The van der Waals surface area contributed by atoms with Gasteiger partial charge in [-0.1, -0.05) is 6.08 Å². The van der Waals surface area contributed by atoms with Crippen molar-refractivity contribution in [2.24, 2.45) is 0 Å². The van der Waals surface area contributed by atoms with Crippen LogP contribution in [0.25, 0.3) is 0 Å². The Bertz CT molecular complexity index is 181. The molecule has 2 aliphatic rings. The summed E-state index contributed by atoms with van der Waals surface area (Å²) in [5, 5.41) is 3.25. The second-order valence-corrected chi connectivity index (χ2v) is 2.29. The maximum Gasteiger partial charge on any atom is 0.114 e. The molecule has 0 atom stereocenters. The minimum atomic E-state index is 0.766. The standard InChI is InChI=1S/C7H9NO/c1-2-6-4-9-5-7(6)8-3-1/h2,5,8H,1,3-4H2. The van der Waals surface area contributed by atoms with E-state index in [1.807, 2.05) is 0 Å². The Balaban J connectivity index is 2.30. The Kier molecular flexibility index (Phi) is 0.979. The Morgan fingerprint density at radius 3 is 3.44 bits per heavy atom. The molecule has 0 unspecified atom stereocenters.